The highest BCUT2D eigenvalue weighted by atomic mass is 35.5. The van der Waals surface area contributed by atoms with Crippen molar-refractivity contribution < 1.29 is 17.9 Å². The molecule has 0 saturated carbocycles. The van der Waals surface area contributed by atoms with Crippen molar-refractivity contribution in [3.05, 3.63) is 66.2 Å². The Bertz CT molecular complexity index is 960. The van der Waals surface area contributed by atoms with Crippen LogP contribution in [0.3, 0.4) is 0 Å². The smallest absolute Gasteiger partial charge is 0.243 e. The van der Waals surface area contributed by atoms with Crippen LogP contribution < -0.4 is 10.1 Å². The first-order valence-corrected chi connectivity index (χ1v) is 10.7. The SMILES string of the molecule is C=CCOc1cccc(NC(=O)[C@H]2CCCN2S(=O)(=O)c2ccc(Cl)cc2)c1. The second kappa shape index (κ2) is 8.77. The van der Waals surface area contributed by atoms with Gasteiger partial charge in [0.15, 0.2) is 0 Å². The molecule has 1 N–H and O–H groups in total. The van der Waals surface area contributed by atoms with Crippen LogP contribution in [-0.2, 0) is 14.8 Å². The molecule has 2 aromatic carbocycles. The van der Waals surface area contributed by atoms with Crippen molar-refractivity contribution in [1.29, 1.82) is 0 Å². The van der Waals surface area contributed by atoms with Gasteiger partial charge in [0.2, 0.25) is 15.9 Å². The topological polar surface area (TPSA) is 75.7 Å². The van der Waals surface area contributed by atoms with Crippen LogP contribution in [0.25, 0.3) is 0 Å². The fourth-order valence-electron chi connectivity index (χ4n) is 3.08. The van der Waals surface area contributed by atoms with Crippen molar-refractivity contribution >= 4 is 33.2 Å². The molecule has 2 aromatic rings. The van der Waals surface area contributed by atoms with Gasteiger partial charge in [0.25, 0.3) is 0 Å². The van der Waals surface area contributed by atoms with Crippen LogP contribution in [0.4, 0.5) is 5.69 Å². The number of sulfonamides is 1. The second-order valence-corrected chi connectivity index (χ2v) is 8.67. The normalized spacial score (nSPS) is 17.2. The minimum absolute atomic E-state index is 0.122. The number of ether oxygens (including phenoxy) is 1. The first-order valence-electron chi connectivity index (χ1n) is 8.84. The summed E-state index contributed by atoms with van der Waals surface area (Å²) < 4.78 is 32.6. The van der Waals surface area contributed by atoms with E-state index < -0.39 is 16.1 Å². The van der Waals surface area contributed by atoms with E-state index in [4.69, 9.17) is 16.3 Å². The Balaban J connectivity index is 1.76. The summed E-state index contributed by atoms with van der Waals surface area (Å²) in [6, 6.07) is 12.1. The quantitative estimate of drug-likeness (QED) is 0.693. The summed E-state index contributed by atoms with van der Waals surface area (Å²) in [5.74, 6) is 0.227. The Morgan fingerprint density at radius 1 is 1.29 bits per heavy atom. The Morgan fingerprint density at radius 3 is 2.75 bits per heavy atom. The third kappa shape index (κ3) is 4.55. The second-order valence-electron chi connectivity index (χ2n) is 6.34. The summed E-state index contributed by atoms with van der Waals surface area (Å²) in [6.45, 7) is 4.25. The van der Waals surface area contributed by atoms with Gasteiger partial charge >= 0.3 is 0 Å². The molecule has 0 aliphatic carbocycles. The molecule has 1 aliphatic heterocycles. The van der Waals surface area contributed by atoms with Gasteiger partial charge in [0, 0.05) is 23.3 Å². The number of nitrogens with zero attached hydrogens (tertiary/aromatic N) is 1. The predicted molar refractivity (Wildman–Crippen MR) is 109 cm³/mol. The Hall–Kier alpha value is -2.35. The van der Waals surface area contributed by atoms with E-state index in [0.717, 1.165) is 0 Å². The molecule has 0 unspecified atom stereocenters. The van der Waals surface area contributed by atoms with Crippen LogP contribution in [0.5, 0.6) is 5.75 Å². The van der Waals surface area contributed by atoms with Crippen molar-refractivity contribution in [2.45, 2.75) is 23.8 Å². The lowest BCUT2D eigenvalue weighted by atomic mass is 10.2. The molecule has 3 rings (SSSR count). The van der Waals surface area contributed by atoms with Gasteiger partial charge in [-0.15, -0.1) is 0 Å². The highest BCUT2D eigenvalue weighted by Crippen LogP contribution is 2.28. The van der Waals surface area contributed by atoms with Crippen molar-refractivity contribution in [3.8, 4) is 5.75 Å². The van der Waals surface area contributed by atoms with E-state index >= 15 is 0 Å². The van der Waals surface area contributed by atoms with Gasteiger partial charge in [-0.3, -0.25) is 4.79 Å². The van der Waals surface area contributed by atoms with Gasteiger partial charge in [-0.1, -0.05) is 30.3 Å². The fourth-order valence-corrected chi connectivity index (χ4v) is 4.86. The largest absolute Gasteiger partial charge is 0.489 e. The van der Waals surface area contributed by atoms with Crippen molar-refractivity contribution in [1.82, 2.24) is 4.31 Å². The van der Waals surface area contributed by atoms with Crippen LogP contribution in [0.1, 0.15) is 12.8 Å². The average molecular weight is 421 g/mol. The molecule has 1 atom stereocenters. The van der Waals surface area contributed by atoms with E-state index in [0.29, 0.717) is 42.5 Å². The molecular weight excluding hydrogens is 400 g/mol. The van der Waals surface area contributed by atoms with E-state index in [1.165, 1.54) is 28.6 Å². The number of benzene rings is 2. The number of carbonyl (C=O) groups is 1. The molecule has 1 heterocycles. The Morgan fingerprint density at radius 2 is 2.04 bits per heavy atom. The number of hydrogen-bond acceptors (Lipinski definition) is 4. The number of carbonyl (C=O) groups excluding carboxylic acids is 1. The third-order valence-corrected chi connectivity index (χ3v) is 6.57. The minimum Gasteiger partial charge on any atom is -0.489 e. The monoisotopic (exact) mass is 420 g/mol. The number of halogens is 1. The highest BCUT2D eigenvalue weighted by molar-refractivity contribution is 7.89. The lowest BCUT2D eigenvalue weighted by molar-refractivity contribution is -0.119. The molecule has 0 bridgehead atoms. The van der Waals surface area contributed by atoms with Gasteiger partial charge in [-0.2, -0.15) is 4.31 Å². The fraction of sp³-hybridized carbons (Fsp3) is 0.250. The van der Waals surface area contributed by atoms with Crippen LogP contribution in [-0.4, -0.2) is 37.8 Å². The van der Waals surface area contributed by atoms with Gasteiger partial charge in [-0.25, -0.2) is 8.42 Å². The summed E-state index contributed by atoms with van der Waals surface area (Å²) in [4.78, 5) is 12.9. The van der Waals surface area contributed by atoms with Crippen molar-refractivity contribution in [2.24, 2.45) is 0 Å². The average Bonchev–Trinajstić information content (AvgIpc) is 3.18. The summed E-state index contributed by atoms with van der Waals surface area (Å²) in [6.07, 6.45) is 2.71. The molecule has 28 heavy (non-hydrogen) atoms. The van der Waals surface area contributed by atoms with Gasteiger partial charge < -0.3 is 10.1 Å². The zero-order valence-electron chi connectivity index (χ0n) is 15.2. The number of amides is 1. The first kappa shape index (κ1) is 20.4. The minimum atomic E-state index is -3.78. The van der Waals surface area contributed by atoms with E-state index in [2.05, 4.69) is 11.9 Å². The molecule has 1 fully saturated rings. The molecule has 0 radical (unpaired) electrons. The molecule has 1 saturated heterocycles. The first-order chi connectivity index (χ1) is 13.4. The van der Waals surface area contributed by atoms with Crippen LogP contribution in [0.2, 0.25) is 5.02 Å². The molecule has 148 valence electrons. The summed E-state index contributed by atoms with van der Waals surface area (Å²) in [5, 5.41) is 3.24. The Kier molecular flexibility index (Phi) is 6.39. The number of rotatable bonds is 7. The van der Waals surface area contributed by atoms with E-state index in [-0.39, 0.29) is 10.8 Å². The molecule has 0 spiro atoms. The van der Waals surface area contributed by atoms with Gasteiger partial charge in [0.1, 0.15) is 18.4 Å². The van der Waals surface area contributed by atoms with Gasteiger partial charge in [0.05, 0.1) is 4.90 Å². The molecule has 1 aliphatic rings. The summed E-state index contributed by atoms with van der Waals surface area (Å²) in [5.41, 5.74) is 0.544. The highest BCUT2D eigenvalue weighted by Gasteiger charge is 2.39. The number of anilines is 1. The van der Waals surface area contributed by atoms with Crippen LogP contribution >= 0.6 is 11.6 Å². The van der Waals surface area contributed by atoms with Crippen molar-refractivity contribution in [2.75, 3.05) is 18.5 Å². The third-order valence-electron chi connectivity index (χ3n) is 4.40. The maximum atomic E-state index is 13.0. The molecule has 1 amide bonds. The Labute approximate surface area is 169 Å². The molecule has 0 aromatic heterocycles. The maximum absolute atomic E-state index is 13.0. The van der Waals surface area contributed by atoms with Gasteiger partial charge in [-0.05, 0) is 49.2 Å². The number of hydrogen-bond donors (Lipinski definition) is 1. The van der Waals surface area contributed by atoms with E-state index in [1.54, 1.807) is 30.3 Å². The molecule has 6 nitrogen and oxygen atoms in total. The maximum Gasteiger partial charge on any atom is 0.243 e. The standard InChI is InChI=1S/C20H21ClN2O4S/c1-2-13-27-17-6-3-5-16(14-17)22-20(24)19-7-4-12-23(19)28(25,26)18-10-8-15(21)9-11-18/h2-3,5-6,8-11,14,19H,1,4,7,12-13H2,(H,22,24)/t19-/m1/s1. The van der Waals surface area contributed by atoms with Crippen LogP contribution in [0, 0.1) is 0 Å². The lowest BCUT2D eigenvalue weighted by Crippen LogP contribution is -2.43. The van der Waals surface area contributed by atoms with E-state index in [1.807, 2.05) is 0 Å². The lowest BCUT2D eigenvalue weighted by Gasteiger charge is -2.23. The molecule has 8 heteroatoms. The summed E-state index contributed by atoms with van der Waals surface area (Å²) in [7, 11) is -3.78. The molecular formula is C20H21ClN2O4S. The van der Waals surface area contributed by atoms with Crippen LogP contribution in [0.15, 0.2) is 66.1 Å². The predicted octanol–water partition coefficient (Wildman–Crippen LogP) is 3.70. The summed E-state index contributed by atoms with van der Waals surface area (Å²) >= 11 is 5.85. The van der Waals surface area contributed by atoms with Crippen molar-refractivity contribution in [3.63, 3.8) is 0 Å². The zero-order valence-corrected chi connectivity index (χ0v) is 16.7. The zero-order chi connectivity index (χ0) is 20.1. The number of nitrogens with one attached hydrogen (secondary N) is 1. The van der Waals surface area contributed by atoms with E-state index in [9.17, 15) is 13.2 Å².